The molecule has 0 aliphatic heterocycles. The van der Waals surface area contributed by atoms with Crippen molar-refractivity contribution >= 4 is 17.9 Å². The van der Waals surface area contributed by atoms with Crippen LogP contribution in [0.1, 0.15) is 33.6 Å². The lowest BCUT2D eigenvalue weighted by Gasteiger charge is -2.08. The van der Waals surface area contributed by atoms with Gasteiger partial charge in [0.05, 0.1) is 5.56 Å². The summed E-state index contributed by atoms with van der Waals surface area (Å²) in [5, 5.41) is 8.72. The molecule has 78 valence electrons. The van der Waals surface area contributed by atoms with Gasteiger partial charge in [-0.15, -0.1) is 11.6 Å². The van der Waals surface area contributed by atoms with Crippen LogP contribution in [0, 0.1) is 11.3 Å². The molecule has 0 fully saturated rings. The van der Waals surface area contributed by atoms with Crippen molar-refractivity contribution in [3.63, 3.8) is 0 Å². The van der Waals surface area contributed by atoms with Crippen molar-refractivity contribution in [1.82, 2.24) is 4.98 Å². The van der Waals surface area contributed by atoms with Crippen molar-refractivity contribution < 1.29 is 13.6 Å². The fourth-order valence-electron chi connectivity index (χ4n) is 1.13. The monoisotopic (exact) mass is 230 g/mol. The van der Waals surface area contributed by atoms with Crippen molar-refractivity contribution in [3.05, 3.63) is 28.6 Å². The van der Waals surface area contributed by atoms with Gasteiger partial charge < -0.3 is 0 Å². The minimum absolute atomic E-state index is 0.0359. The van der Waals surface area contributed by atoms with Gasteiger partial charge in [0.2, 0.25) is 0 Å². The Labute approximate surface area is 89.3 Å². The Morgan fingerprint density at radius 1 is 1.67 bits per heavy atom. The van der Waals surface area contributed by atoms with Crippen molar-refractivity contribution in [3.8, 4) is 6.07 Å². The maximum absolute atomic E-state index is 12.5. The number of rotatable bonds is 3. The van der Waals surface area contributed by atoms with Crippen LogP contribution in [0.25, 0.3) is 0 Å². The van der Waals surface area contributed by atoms with Gasteiger partial charge in [-0.1, -0.05) is 0 Å². The van der Waals surface area contributed by atoms with Gasteiger partial charge in [-0.25, -0.2) is 8.78 Å². The second-order valence-corrected chi connectivity index (χ2v) is 2.88. The highest BCUT2D eigenvalue weighted by Crippen LogP contribution is 2.26. The maximum Gasteiger partial charge on any atom is 0.265 e. The maximum atomic E-state index is 12.5. The van der Waals surface area contributed by atoms with Gasteiger partial charge in [0.25, 0.3) is 6.43 Å². The van der Waals surface area contributed by atoms with Gasteiger partial charge in [0.1, 0.15) is 11.8 Å². The van der Waals surface area contributed by atoms with Gasteiger partial charge in [-0.3, -0.25) is 9.78 Å². The number of aldehydes is 1. The Morgan fingerprint density at radius 2 is 2.33 bits per heavy atom. The molecule has 0 bridgehead atoms. The van der Waals surface area contributed by atoms with E-state index >= 15 is 0 Å². The zero-order valence-electron chi connectivity index (χ0n) is 7.38. The lowest BCUT2D eigenvalue weighted by Crippen LogP contribution is -2.03. The number of halogens is 3. The van der Waals surface area contributed by atoms with E-state index in [4.69, 9.17) is 16.9 Å². The molecule has 1 aromatic rings. The molecular weight excluding hydrogens is 226 g/mol. The number of carbonyl (C=O) groups excluding carboxylic acids is 1. The normalized spacial score (nSPS) is 10.1. The first-order valence-corrected chi connectivity index (χ1v) is 4.40. The molecule has 0 radical (unpaired) electrons. The molecule has 0 saturated carbocycles. The summed E-state index contributed by atoms with van der Waals surface area (Å²) in [7, 11) is 0. The summed E-state index contributed by atoms with van der Waals surface area (Å²) >= 11 is 5.46. The zero-order chi connectivity index (χ0) is 11.4. The minimum atomic E-state index is -2.76. The number of nitriles is 1. The summed E-state index contributed by atoms with van der Waals surface area (Å²) in [6.45, 7) is 0. The summed E-state index contributed by atoms with van der Waals surface area (Å²) in [6, 6.07) is 1.65. The number of hydrogen-bond donors (Lipinski definition) is 0. The molecule has 0 aromatic carbocycles. The Hall–Kier alpha value is -1.54. The lowest BCUT2D eigenvalue weighted by molar-refractivity contribution is 0.111. The van der Waals surface area contributed by atoms with E-state index in [1.165, 1.54) is 0 Å². The van der Waals surface area contributed by atoms with Crippen molar-refractivity contribution in [2.45, 2.75) is 12.3 Å². The Kier molecular flexibility index (Phi) is 3.69. The van der Waals surface area contributed by atoms with E-state index in [1.54, 1.807) is 6.07 Å². The van der Waals surface area contributed by atoms with Gasteiger partial charge >= 0.3 is 0 Å². The fraction of sp³-hybridized carbons (Fsp3) is 0.222. The molecule has 15 heavy (non-hydrogen) atoms. The second kappa shape index (κ2) is 4.80. The molecule has 1 heterocycles. The van der Waals surface area contributed by atoms with Crippen LogP contribution in [0.15, 0.2) is 6.20 Å². The van der Waals surface area contributed by atoms with E-state index in [1.807, 2.05) is 0 Å². The number of pyridine rings is 1. The zero-order valence-corrected chi connectivity index (χ0v) is 8.13. The van der Waals surface area contributed by atoms with E-state index in [0.717, 1.165) is 6.20 Å². The smallest absolute Gasteiger partial charge is 0.265 e. The van der Waals surface area contributed by atoms with Crippen LogP contribution in [-0.2, 0) is 5.88 Å². The predicted octanol–water partition coefficient (Wildman–Crippen LogP) is 2.44. The number of aromatic nitrogens is 1. The number of alkyl halides is 3. The summed E-state index contributed by atoms with van der Waals surface area (Å²) < 4.78 is 24.9. The van der Waals surface area contributed by atoms with Crippen LogP contribution in [0.5, 0.6) is 0 Å². The molecule has 1 aromatic heterocycles. The van der Waals surface area contributed by atoms with Crippen LogP contribution in [0.2, 0.25) is 0 Å². The molecule has 3 nitrogen and oxygen atoms in total. The summed E-state index contributed by atoms with van der Waals surface area (Å²) in [4.78, 5) is 14.0. The van der Waals surface area contributed by atoms with E-state index in [0.29, 0.717) is 6.29 Å². The minimum Gasteiger partial charge on any atom is -0.296 e. The third kappa shape index (κ3) is 2.10. The third-order valence-corrected chi connectivity index (χ3v) is 2.11. The average Bonchev–Trinajstić information content (AvgIpc) is 2.26. The molecule has 1 rings (SSSR count). The first-order valence-electron chi connectivity index (χ1n) is 3.86. The summed E-state index contributed by atoms with van der Waals surface area (Å²) in [6.07, 6.45) is -1.56. The van der Waals surface area contributed by atoms with Crippen LogP contribution in [0.4, 0.5) is 8.78 Å². The van der Waals surface area contributed by atoms with E-state index < -0.39 is 12.0 Å². The van der Waals surface area contributed by atoms with Crippen molar-refractivity contribution in [1.29, 1.82) is 5.26 Å². The highest BCUT2D eigenvalue weighted by Gasteiger charge is 2.19. The average molecular weight is 231 g/mol. The molecule has 0 saturated heterocycles. The van der Waals surface area contributed by atoms with Gasteiger partial charge in [-0.05, 0) is 5.56 Å². The Bertz CT molecular complexity index is 429. The second-order valence-electron chi connectivity index (χ2n) is 2.62. The van der Waals surface area contributed by atoms with E-state index in [2.05, 4.69) is 4.98 Å². The fourth-order valence-corrected chi connectivity index (χ4v) is 1.41. The van der Waals surface area contributed by atoms with Crippen LogP contribution >= 0.6 is 11.6 Å². The molecule has 0 amide bonds. The first kappa shape index (κ1) is 11.5. The molecule has 0 atom stereocenters. The quantitative estimate of drug-likeness (QED) is 0.592. The van der Waals surface area contributed by atoms with Crippen LogP contribution in [-0.4, -0.2) is 11.3 Å². The number of nitrogens with zero attached hydrogens (tertiary/aromatic N) is 2. The Balaban J connectivity index is 3.49. The van der Waals surface area contributed by atoms with E-state index in [-0.39, 0.29) is 22.7 Å². The number of carbonyl (C=O) groups is 1. The summed E-state index contributed by atoms with van der Waals surface area (Å²) in [5.41, 5.74) is -0.797. The highest BCUT2D eigenvalue weighted by atomic mass is 35.5. The van der Waals surface area contributed by atoms with Crippen molar-refractivity contribution in [2.24, 2.45) is 0 Å². The SMILES string of the molecule is N#Cc1c(C=O)ncc(C(F)F)c1CCl. The van der Waals surface area contributed by atoms with Crippen LogP contribution < -0.4 is 0 Å². The first-order chi connectivity index (χ1) is 7.15. The third-order valence-electron chi connectivity index (χ3n) is 1.84. The van der Waals surface area contributed by atoms with Crippen molar-refractivity contribution in [2.75, 3.05) is 0 Å². The topological polar surface area (TPSA) is 53.8 Å². The summed E-state index contributed by atoms with van der Waals surface area (Å²) in [5.74, 6) is -0.258. The Morgan fingerprint density at radius 3 is 2.73 bits per heavy atom. The van der Waals surface area contributed by atoms with E-state index in [9.17, 15) is 13.6 Å². The van der Waals surface area contributed by atoms with Crippen LogP contribution in [0.3, 0.4) is 0 Å². The van der Waals surface area contributed by atoms with Gasteiger partial charge in [0, 0.05) is 17.6 Å². The standard InChI is InChI=1S/C9H5ClF2N2O/c10-1-5-6(2-13)8(4-15)14-3-7(5)9(11)12/h3-4,9H,1H2. The highest BCUT2D eigenvalue weighted by molar-refractivity contribution is 6.17. The van der Waals surface area contributed by atoms with Gasteiger partial charge in [-0.2, -0.15) is 5.26 Å². The molecule has 6 heteroatoms. The molecule has 0 aliphatic carbocycles. The molecule has 0 aliphatic rings. The predicted molar refractivity (Wildman–Crippen MR) is 48.9 cm³/mol. The number of hydrogen-bond acceptors (Lipinski definition) is 3. The molecule has 0 N–H and O–H groups in total. The molecular formula is C9H5ClF2N2O. The molecule has 0 unspecified atom stereocenters. The lowest BCUT2D eigenvalue weighted by atomic mass is 10.0. The van der Waals surface area contributed by atoms with Gasteiger partial charge in [0.15, 0.2) is 6.29 Å². The largest absolute Gasteiger partial charge is 0.296 e. The molecule has 0 spiro atoms.